The zero-order valence-corrected chi connectivity index (χ0v) is 12.4. The molecule has 1 aromatic carbocycles. The Morgan fingerprint density at radius 3 is 2.65 bits per heavy atom. The number of hydrogen-bond donors (Lipinski definition) is 1. The lowest BCUT2D eigenvalue weighted by atomic mass is 9.83. The van der Waals surface area contributed by atoms with E-state index in [0.29, 0.717) is 0 Å². The normalized spacial score (nSPS) is 17.6. The zero-order valence-electron chi connectivity index (χ0n) is 12.4. The predicted octanol–water partition coefficient (Wildman–Crippen LogP) is 3.00. The van der Waals surface area contributed by atoms with Crippen LogP contribution < -0.4 is 5.73 Å². The van der Waals surface area contributed by atoms with Gasteiger partial charge in [0.1, 0.15) is 0 Å². The van der Waals surface area contributed by atoms with Crippen LogP contribution >= 0.6 is 0 Å². The molecular weight excluding hydrogens is 246 g/mol. The zero-order chi connectivity index (χ0) is 14.2. The summed E-state index contributed by atoms with van der Waals surface area (Å²) >= 11 is 0. The summed E-state index contributed by atoms with van der Waals surface area (Å²) in [5.41, 5.74) is 11.4. The first-order valence-electron chi connectivity index (χ1n) is 7.55. The first-order chi connectivity index (χ1) is 9.61. The highest BCUT2D eigenvalue weighted by atomic mass is 15.3. The largest absolute Gasteiger partial charge is 0.318 e. The van der Waals surface area contributed by atoms with Crippen LogP contribution in [-0.2, 0) is 24.9 Å². The van der Waals surface area contributed by atoms with Crippen molar-refractivity contribution in [3.8, 4) is 0 Å². The summed E-state index contributed by atoms with van der Waals surface area (Å²) in [6.07, 6.45) is 8.96. The third kappa shape index (κ3) is 2.27. The number of benzene rings is 1. The van der Waals surface area contributed by atoms with Gasteiger partial charge in [-0.3, -0.25) is 4.68 Å². The van der Waals surface area contributed by atoms with Crippen LogP contribution in [0.2, 0.25) is 0 Å². The molecule has 3 heteroatoms. The van der Waals surface area contributed by atoms with Crippen LogP contribution in [-0.4, -0.2) is 9.78 Å². The minimum Gasteiger partial charge on any atom is -0.318 e. The Balaban J connectivity index is 1.97. The number of hydrogen-bond acceptors (Lipinski definition) is 2. The Morgan fingerprint density at radius 2 is 1.95 bits per heavy atom. The van der Waals surface area contributed by atoms with Gasteiger partial charge in [-0.25, -0.2) is 0 Å². The van der Waals surface area contributed by atoms with Gasteiger partial charge in [-0.05, 0) is 56.2 Å². The summed E-state index contributed by atoms with van der Waals surface area (Å²) in [6, 6.07) is 6.75. The summed E-state index contributed by atoms with van der Waals surface area (Å²) in [5.74, 6) is 0. The van der Waals surface area contributed by atoms with E-state index in [1.54, 1.807) is 0 Å². The smallest absolute Gasteiger partial charge is 0.0668 e. The molecule has 1 aliphatic rings. The molecule has 2 N–H and O–H groups in total. The molecule has 1 aromatic heterocycles. The van der Waals surface area contributed by atoms with Crippen molar-refractivity contribution in [3.63, 3.8) is 0 Å². The molecule has 2 aromatic rings. The molecule has 0 amide bonds. The Hall–Kier alpha value is -1.61. The molecule has 1 atom stereocenters. The molecule has 0 saturated heterocycles. The lowest BCUT2D eigenvalue weighted by Gasteiger charge is -2.26. The van der Waals surface area contributed by atoms with E-state index in [4.69, 9.17) is 5.73 Å². The summed E-state index contributed by atoms with van der Waals surface area (Å²) < 4.78 is 1.93. The molecule has 0 spiro atoms. The van der Waals surface area contributed by atoms with E-state index in [1.807, 2.05) is 10.9 Å². The van der Waals surface area contributed by atoms with Crippen molar-refractivity contribution in [1.82, 2.24) is 9.78 Å². The molecule has 3 rings (SSSR count). The molecule has 0 fully saturated rings. The lowest BCUT2D eigenvalue weighted by molar-refractivity contribution is 0.594. The van der Waals surface area contributed by atoms with Crippen LogP contribution in [0.25, 0.3) is 0 Å². The third-order valence-electron chi connectivity index (χ3n) is 4.51. The van der Waals surface area contributed by atoms with Crippen LogP contribution in [0.4, 0.5) is 0 Å². The molecule has 0 aliphatic heterocycles. The second-order valence-electron chi connectivity index (χ2n) is 5.98. The van der Waals surface area contributed by atoms with Crippen LogP contribution in [0.15, 0.2) is 30.6 Å². The van der Waals surface area contributed by atoms with Gasteiger partial charge in [0.15, 0.2) is 0 Å². The van der Waals surface area contributed by atoms with E-state index >= 15 is 0 Å². The van der Waals surface area contributed by atoms with Gasteiger partial charge >= 0.3 is 0 Å². The second kappa shape index (κ2) is 5.06. The van der Waals surface area contributed by atoms with Crippen molar-refractivity contribution in [2.24, 2.45) is 5.73 Å². The van der Waals surface area contributed by atoms with E-state index in [-0.39, 0.29) is 0 Å². The van der Waals surface area contributed by atoms with E-state index in [1.165, 1.54) is 42.4 Å². The lowest BCUT2D eigenvalue weighted by Crippen LogP contribution is -2.34. The second-order valence-corrected chi connectivity index (χ2v) is 5.98. The Labute approximate surface area is 120 Å². The van der Waals surface area contributed by atoms with Gasteiger partial charge in [-0.1, -0.05) is 18.2 Å². The number of aromatic nitrogens is 2. The minimum absolute atomic E-state index is 0.472. The molecule has 1 unspecified atom stereocenters. The Kier molecular flexibility index (Phi) is 3.38. The van der Waals surface area contributed by atoms with Crippen molar-refractivity contribution in [2.75, 3.05) is 0 Å². The number of nitrogens with zero attached hydrogens (tertiary/aromatic N) is 2. The Bertz CT molecular complexity index is 610. The van der Waals surface area contributed by atoms with Crippen molar-refractivity contribution >= 4 is 0 Å². The maximum absolute atomic E-state index is 6.61. The maximum atomic E-state index is 6.61. The third-order valence-corrected chi connectivity index (χ3v) is 4.51. The molecule has 1 heterocycles. The van der Waals surface area contributed by atoms with E-state index < -0.39 is 5.54 Å². The quantitative estimate of drug-likeness (QED) is 0.931. The number of fused-ring (bicyclic) bond motifs is 1. The summed E-state index contributed by atoms with van der Waals surface area (Å²) in [5, 5.41) is 4.35. The minimum atomic E-state index is -0.472. The van der Waals surface area contributed by atoms with Crippen LogP contribution in [0.5, 0.6) is 0 Å². The van der Waals surface area contributed by atoms with E-state index in [0.717, 1.165) is 12.1 Å². The summed E-state index contributed by atoms with van der Waals surface area (Å²) in [7, 11) is 0. The molecule has 20 heavy (non-hydrogen) atoms. The predicted molar refractivity (Wildman–Crippen MR) is 81.6 cm³/mol. The van der Waals surface area contributed by atoms with Gasteiger partial charge < -0.3 is 5.73 Å². The number of aryl methyl sites for hydroxylation is 3. The van der Waals surface area contributed by atoms with Crippen molar-refractivity contribution in [2.45, 2.75) is 51.6 Å². The van der Waals surface area contributed by atoms with E-state index in [2.05, 4.69) is 43.3 Å². The van der Waals surface area contributed by atoms with Gasteiger partial charge in [-0.2, -0.15) is 5.10 Å². The first kappa shape index (κ1) is 13.4. The van der Waals surface area contributed by atoms with Gasteiger partial charge in [0, 0.05) is 18.3 Å². The van der Waals surface area contributed by atoms with Crippen LogP contribution in [0.1, 0.15) is 48.9 Å². The van der Waals surface area contributed by atoms with Crippen molar-refractivity contribution < 1.29 is 0 Å². The average Bonchev–Trinajstić information content (AvgIpc) is 2.96. The fourth-order valence-electron chi connectivity index (χ4n) is 3.03. The monoisotopic (exact) mass is 269 g/mol. The maximum Gasteiger partial charge on any atom is 0.0668 e. The van der Waals surface area contributed by atoms with Gasteiger partial charge in [-0.15, -0.1) is 0 Å². The molecule has 0 bridgehead atoms. The molecule has 1 aliphatic carbocycles. The van der Waals surface area contributed by atoms with Crippen molar-refractivity contribution in [3.05, 3.63) is 52.8 Å². The average molecular weight is 269 g/mol. The highest BCUT2D eigenvalue weighted by Gasteiger charge is 2.26. The number of rotatable bonds is 3. The summed E-state index contributed by atoms with van der Waals surface area (Å²) in [6.45, 7) is 5.04. The molecular formula is C17H23N3. The standard InChI is InChI=1S/C17H23N3/c1-3-20-12-16(11-19-20)17(2,18)15-9-8-13-6-4-5-7-14(13)10-15/h8-12H,3-7,18H2,1-2H3. The van der Waals surface area contributed by atoms with Crippen molar-refractivity contribution in [1.29, 1.82) is 0 Å². The molecule has 0 radical (unpaired) electrons. The van der Waals surface area contributed by atoms with Crippen LogP contribution in [0.3, 0.4) is 0 Å². The Morgan fingerprint density at radius 1 is 1.20 bits per heavy atom. The van der Waals surface area contributed by atoms with Gasteiger partial charge in [0.25, 0.3) is 0 Å². The van der Waals surface area contributed by atoms with Gasteiger partial charge in [0.05, 0.1) is 11.7 Å². The number of nitrogens with two attached hydrogens (primary N) is 1. The molecule has 3 nitrogen and oxygen atoms in total. The summed E-state index contributed by atoms with van der Waals surface area (Å²) in [4.78, 5) is 0. The SMILES string of the molecule is CCn1cc(C(C)(N)c2ccc3c(c2)CCCC3)cn1. The first-order valence-corrected chi connectivity index (χ1v) is 7.55. The molecule has 106 valence electrons. The van der Waals surface area contributed by atoms with Gasteiger partial charge in [0.2, 0.25) is 0 Å². The topological polar surface area (TPSA) is 43.8 Å². The fourth-order valence-corrected chi connectivity index (χ4v) is 3.03. The fraction of sp³-hybridized carbons (Fsp3) is 0.471. The highest BCUT2D eigenvalue weighted by molar-refractivity contribution is 5.41. The molecule has 0 saturated carbocycles. The van der Waals surface area contributed by atoms with E-state index in [9.17, 15) is 0 Å². The van der Waals surface area contributed by atoms with Crippen LogP contribution in [0, 0.1) is 0 Å². The highest BCUT2D eigenvalue weighted by Crippen LogP contribution is 2.30.